The second-order valence-electron chi connectivity index (χ2n) is 4.26. The van der Waals surface area contributed by atoms with Crippen molar-refractivity contribution < 1.29 is 9.53 Å². The second kappa shape index (κ2) is 8.01. The number of anilines is 1. The summed E-state index contributed by atoms with van der Waals surface area (Å²) in [5.74, 6) is -0.512. The van der Waals surface area contributed by atoms with E-state index in [-0.39, 0.29) is 12.1 Å². The highest BCUT2D eigenvalue weighted by atomic mass is 79.9. The molecule has 0 saturated heterocycles. The average Bonchev–Trinajstić information content (AvgIpc) is 2.44. The predicted octanol–water partition coefficient (Wildman–Crippen LogP) is 0.224. The molecule has 0 bridgehead atoms. The highest BCUT2D eigenvalue weighted by molar-refractivity contribution is 9.10. The van der Waals surface area contributed by atoms with E-state index < -0.39 is 5.97 Å². The van der Waals surface area contributed by atoms with Crippen LogP contribution in [-0.4, -0.2) is 50.0 Å². The van der Waals surface area contributed by atoms with Crippen LogP contribution < -0.4 is 15.8 Å². The van der Waals surface area contributed by atoms with Crippen molar-refractivity contribution in [1.29, 1.82) is 0 Å². The number of carbonyl (C=O) groups excluding carboxylic acids is 1. The maximum absolute atomic E-state index is 12.1. The van der Waals surface area contributed by atoms with Crippen LogP contribution in [0.3, 0.4) is 0 Å². The summed E-state index contributed by atoms with van der Waals surface area (Å²) in [5.41, 5.74) is 0.348. The number of methoxy groups -OCH3 is 1. The second-order valence-corrected chi connectivity index (χ2v) is 5.05. The minimum Gasteiger partial charge on any atom is -0.468 e. The van der Waals surface area contributed by atoms with Crippen LogP contribution in [0, 0.1) is 0 Å². The van der Waals surface area contributed by atoms with E-state index in [1.807, 2.05) is 19.0 Å². The molecule has 1 aromatic rings. The molecule has 0 aliphatic heterocycles. The van der Waals surface area contributed by atoms with Gasteiger partial charge in [-0.25, -0.2) is 4.68 Å². The summed E-state index contributed by atoms with van der Waals surface area (Å²) in [5, 5.41) is 7.06. The van der Waals surface area contributed by atoms with Gasteiger partial charge in [0, 0.05) is 13.6 Å². The van der Waals surface area contributed by atoms with Gasteiger partial charge in [0.1, 0.15) is 11.0 Å². The molecule has 0 aromatic carbocycles. The summed E-state index contributed by atoms with van der Waals surface area (Å²) in [6.45, 7) is 1.49. The van der Waals surface area contributed by atoms with Gasteiger partial charge in [0.25, 0.3) is 5.56 Å². The number of rotatable bonds is 7. The maximum Gasteiger partial charge on any atom is 0.327 e. The Morgan fingerprint density at radius 2 is 2.30 bits per heavy atom. The van der Waals surface area contributed by atoms with Crippen LogP contribution in [0.25, 0.3) is 0 Å². The first-order chi connectivity index (χ1) is 9.51. The van der Waals surface area contributed by atoms with Crippen LogP contribution >= 0.6 is 15.9 Å². The summed E-state index contributed by atoms with van der Waals surface area (Å²) < 4.78 is 5.98. The van der Waals surface area contributed by atoms with Gasteiger partial charge in [-0.2, -0.15) is 5.10 Å². The van der Waals surface area contributed by atoms with E-state index in [1.165, 1.54) is 7.11 Å². The Balaban J connectivity index is 2.88. The highest BCUT2D eigenvalue weighted by Crippen LogP contribution is 2.20. The molecule has 7 nitrogen and oxygen atoms in total. The molecule has 112 valence electrons. The number of hydrogen-bond acceptors (Lipinski definition) is 6. The van der Waals surface area contributed by atoms with Crippen molar-refractivity contribution in [2.24, 2.45) is 0 Å². The third-order valence-corrected chi connectivity index (χ3v) is 3.55. The summed E-state index contributed by atoms with van der Waals surface area (Å²) in [4.78, 5) is 25.2. The number of carbonyl (C=O) groups is 1. The Morgan fingerprint density at radius 1 is 1.60 bits per heavy atom. The lowest BCUT2D eigenvalue weighted by Crippen LogP contribution is -2.31. The SMILES string of the molecule is CNCCCN(C)c1cnn(CC(=O)OC)c(=O)c1Br. The Kier molecular flexibility index (Phi) is 6.66. The minimum atomic E-state index is -0.512. The normalized spacial score (nSPS) is 10.4. The van der Waals surface area contributed by atoms with E-state index in [1.54, 1.807) is 6.20 Å². The van der Waals surface area contributed by atoms with Gasteiger partial charge in [0.2, 0.25) is 0 Å². The smallest absolute Gasteiger partial charge is 0.327 e. The lowest BCUT2D eigenvalue weighted by atomic mass is 10.3. The largest absolute Gasteiger partial charge is 0.468 e. The van der Waals surface area contributed by atoms with Crippen LogP contribution in [0.15, 0.2) is 15.5 Å². The zero-order valence-corrected chi connectivity index (χ0v) is 13.4. The number of halogens is 1. The fourth-order valence-corrected chi connectivity index (χ4v) is 2.25. The molecule has 8 heteroatoms. The van der Waals surface area contributed by atoms with Crippen molar-refractivity contribution in [3.8, 4) is 0 Å². The van der Waals surface area contributed by atoms with E-state index >= 15 is 0 Å². The van der Waals surface area contributed by atoms with Gasteiger partial charge in [0.05, 0.1) is 19.0 Å². The summed E-state index contributed by atoms with van der Waals surface area (Å²) in [7, 11) is 5.05. The molecule has 0 fully saturated rings. The van der Waals surface area contributed by atoms with Crippen LogP contribution in [0.2, 0.25) is 0 Å². The Hall–Kier alpha value is -1.41. The van der Waals surface area contributed by atoms with Crippen molar-refractivity contribution >= 4 is 27.6 Å². The van der Waals surface area contributed by atoms with Gasteiger partial charge in [-0.1, -0.05) is 0 Å². The molecule has 0 spiro atoms. The number of ether oxygens (including phenoxy) is 1. The van der Waals surface area contributed by atoms with E-state index in [2.05, 4.69) is 31.1 Å². The molecule has 0 aliphatic rings. The highest BCUT2D eigenvalue weighted by Gasteiger charge is 2.14. The zero-order chi connectivity index (χ0) is 15.1. The lowest BCUT2D eigenvalue weighted by Gasteiger charge is -2.20. The average molecular weight is 347 g/mol. The van der Waals surface area contributed by atoms with Crippen molar-refractivity contribution in [3.05, 3.63) is 21.0 Å². The zero-order valence-electron chi connectivity index (χ0n) is 11.9. The first-order valence-electron chi connectivity index (χ1n) is 6.19. The van der Waals surface area contributed by atoms with Crippen LogP contribution in [0.4, 0.5) is 5.69 Å². The van der Waals surface area contributed by atoms with Gasteiger partial charge < -0.3 is 15.0 Å². The molecule has 1 aromatic heterocycles. The number of nitrogens with zero attached hydrogens (tertiary/aromatic N) is 3. The summed E-state index contributed by atoms with van der Waals surface area (Å²) >= 11 is 3.27. The van der Waals surface area contributed by atoms with Crippen molar-refractivity contribution in [2.45, 2.75) is 13.0 Å². The third-order valence-electron chi connectivity index (χ3n) is 2.80. The number of hydrogen-bond donors (Lipinski definition) is 1. The molecule has 1 heterocycles. The monoisotopic (exact) mass is 346 g/mol. The van der Waals surface area contributed by atoms with Crippen molar-refractivity contribution in [3.63, 3.8) is 0 Å². The topological polar surface area (TPSA) is 76.5 Å². The van der Waals surface area contributed by atoms with E-state index in [0.29, 0.717) is 10.2 Å². The van der Waals surface area contributed by atoms with Gasteiger partial charge in [-0.3, -0.25) is 9.59 Å². The van der Waals surface area contributed by atoms with Gasteiger partial charge in [0.15, 0.2) is 0 Å². The molecule has 0 aliphatic carbocycles. The summed E-state index contributed by atoms with van der Waals surface area (Å²) in [6, 6.07) is 0. The first kappa shape index (κ1) is 16.6. The van der Waals surface area contributed by atoms with Crippen LogP contribution in [-0.2, 0) is 16.1 Å². The van der Waals surface area contributed by atoms with Crippen molar-refractivity contribution in [2.75, 3.05) is 39.2 Å². The number of aromatic nitrogens is 2. The molecular weight excluding hydrogens is 328 g/mol. The standard InChI is InChI=1S/C12H19BrN4O3/c1-14-5-4-6-16(2)9-7-15-17(8-10(18)20-3)12(19)11(9)13/h7,14H,4-6,8H2,1-3H3. The molecule has 20 heavy (non-hydrogen) atoms. The van der Waals surface area contributed by atoms with E-state index in [0.717, 1.165) is 24.2 Å². The molecule has 0 saturated carbocycles. The summed E-state index contributed by atoms with van der Waals surface area (Å²) in [6.07, 6.45) is 2.51. The molecule has 0 radical (unpaired) electrons. The van der Waals surface area contributed by atoms with Crippen LogP contribution in [0.5, 0.6) is 0 Å². The number of esters is 1. The molecular formula is C12H19BrN4O3. The number of nitrogens with one attached hydrogen (secondary N) is 1. The fourth-order valence-electron chi connectivity index (χ4n) is 1.64. The molecule has 1 rings (SSSR count). The van der Waals surface area contributed by atoms with Gasteiger partial charge in [-0.05, 0) is 35.9 Å². The minimum absolute atomic E-state index is 0.197. The Bertz CT molecular complexity index is 518. The van der Waals surface area contributed by atoms with E-state index in [9.17, 15) is 9.59 Å². The van der Waals surface area contributed by atoms with Crippen molar-refractivity contribution in [1.82, 2.24) is 15.1 Å². The quantitative estimate of drug-likeness (QED) is 0.562. The van der Waals surface area contributed by atoms with Gasteiger partial charge in [-0.15, -0.1) is 0 Å². The maximum atomic E-state index is 12.1. The lowest BCUT2D eigenvalue weighted by molar-refractivity contribution is -0.141. The molecule has 0 amide bonds. The third kappa shape index (κ3) is 4.31. The fraction of sp³-hybridized carbons (Fsp3) is 0.583. The molecule has 1 N–H and O–H groups in total. The van der Waals surface area contributed by atoms with Crippen LogP contribution in [0.1, 0.15) is 6.42 Å². The van der Waals surface area contributed by atoms with Gasteiger partial charge >= 0.3 is 5.97 Å². The Morgan fingerprint density at radius 3 is 2.90 bits per heavy atom. The van der Waals surface area contributed by atoms with E-state index in [4.69, 9.17) is 0 Å². The first-order valence-corrected chi connectivity index (χ1v) is 6.98. The molecule has 0 atom stereocenters. The Labute approximate surface area is 126 Å². The molecule has 0 unspecified atom stereocenters. The predicted molar refractivity (Wildman–Crippen MR) is 80.0 cm³/mol.